The van der Waals surface area contributed by atoms with E-state index in [4.69, 9.17) is 113 Å². The predicted octanol–water partition coefficient (Wildman–Crippen LogP) is 15.9. The first kappa shape index (κ1) is 124. The summed E-state index contributed by atoms with van der Waals surface area (Å²) in [6.07, 6.45) is 17.7. The number of aromatic nitrogens is 16. The van der Waals surface area contributed by atoms with E-state index in [9.17, 15) is 45.9 Å². The lowest BCUT2D eigenvalue weighted by Gasteiger charge is -2.22. The maximum absolute atomic E-state index is 13.6. The first-order chi connectivity index (χ1) is 72.0. The number of fused-ring (bicyclic) bond motifs is 4. The van der Waals surface area contributed by atoms with Gasteiger partial charge >= 0.3 is 30.4 Å². The molecule has 0 spiro atoms. The summed E-state index contributed by atoms with van der Waals surface area (Å²) < 4.78 is 182. The number of anilines is 4. The number of H-pyrrole nitrogens is 4. The second kappa shape index (κ2) is 63.7. The van der Waals surface area contributed by atoms with Crippen molar-refractivity contribution >= 4 is 132 Å². The maximum Gasteiger partial charge on any atom is 0.356 e. The molecule has 0 fully saturated rings. The number of nitrogens with one attached hydrogen (secondary N) is 4. The van der Waals surface area contributed by atoms with Crippen LogP contribution in [0.25, 0.3) is 44.7 Å². The number of sulfone groups is 1. The molecule has 12 aromatic rings. The topological polar surface area (TPSA) is 618 Å². The molecule has 0 amide bonds. The van der Waals surface area contributed by atoms with Crippen molar-refractivity contribution in [1.82, 2.24) is 78.1 Å². The van der Waals surface area contributed by atoms with Gasteiger partial charge in [-0.2, -0.15) is 19.9 Å². The Bertz CT molecular complexity index is 6710. The molecule has 0 aliphatic heterocycles. The number of nitrogen functional groups attached to an aromatic ring is 4. The Morgan fingerprint density at radius 2 is 0.653 bits per heavy atom. The van der Waals surface area contributed by atoms with Crippen LogP contribution in [0.2, 0.25) is 5.02 Å². The number of aromatic amines is 4. The lowest BCUT2D eigenvalue weighted by molar-refractivity contribution is 0.00858. The first-order valence-electron chi connectivity index (χ1n) is 49.5. The van der Waals surface area contributed by atoms with Crippen LogP contribution in [0.3, 0.4) is 0 Å². The Morgan fingerprint density at radius 1 is 0.387 bits per heavy atom. The average molecular weight is 2230 g/mol. The quantitative estimate of drug-likeness (QED) is 0.00997. The van der Waals surface area contributed by atoms with E-state index in [1.165, 1.54) is 44.6 Å². The summed E-state index contributed by atoms with van der Waals surface area (Å²) >= 11 is 7.86. The molecule has 8 aromatic heterocycles. The maximum atomic E-state index is 13.6. The van der Waals surface area contributed by atoms with Gasteiger partial charge in [0.05, 0.1) is 146 Å². The zero-order valence-corrected chi connectivity index (χ0v) is 92.9. The van der Waals surface area contributed by atoms with Gasteiger partial charge in [-0.3, -0.25) is 57.4 Å². The fraction of sp³-hybridized carbons (Fsp3) is 0.542. The Hall–Kier alpha value is -9.85. The van der Waals surface area contributed by atoms with Gasteiger partial charge in [-0.05, 0) is 123 Å². The van der Waals surface area contributed by atoms with Gasteiger partial charge in [0, 0.05) is 63.8 Å². The molecule has 8 atom stereocenters. The van der Waals surface area contributed by atoms with Crippen LogP contribution in [-0.2, 0) is 155 Å². The number of hydrogen-bond acceptors (Lipinski definition) is 40. The zero-order valence-electron chi connectivity index (χ0n) is 86.9. The van der Waals surface area contributed by atoms with Gasteiger partial charge in [-0.15, -0.1) is 11.8 Å². The van der Waals surface area contributed by atoms with Crippen molar-refractivity contribution in [3.8, 4) is 5.75 Å². The van der Waals surface area contributed by atoms with E-state index in [0.29, 0.717) is 96.8 Å². The number of imidazole rings is 4. The van der Waals surface area contributed by atoms with E-state index < -0.39 is 62.5 Å². The lowest BCUT2D eigenvalue weighted by atomic mass is 10.2. The van der Waals surface area contributed by atoms with Crippen LogP contribution >= 0.6 is 53.7 Å². The second-order valence-corrected chi connectivity index (χ2v) is 45.6. The third-order valence-electron chi connectivity index (χ3n) is 22.5. The fourth-order valence-electron chi connectivity index (χ4n) is 13.6. The van der Waals surface area contributed by atoms with Crippen molar-refractivity contribution in [3.63, 3.8) is 0 Å². The third kappa shape index (κ3) is 41.2. The number of hydrogen-bond donors (Lipinski definition) is 8. The van der Waals surface area contributed by atoms with E-state index in [0.717, 1.165) is 92.0 Å². The molecule has 4 aromatic carbocycles. The van der Waals surface area contributed by atoms with E-state index >= 15 is 0 Å². The third-order valence-corrected chi connectivity index (χ3v) is 30.9. The van der Waals surface area contributed by atoms with Crippen molar-refractivity contribution in [2.24, 2.45) is 0 Å². The summed E-state index contributed by atoms with van der Waals surface area (Å²) in [7, 11) is -16.4. The number of thioether (sulfide) groups is 1. The molecule has 47 nitrogen and oxygen atoms in total. The molecule has 150 heavy (non-hydrogen) atoms. The van der Waals surface area contributed by atoms with Crippen molar-refractivity contribution in [2.75, 3.05) is 147 Å². The molecule has 0 radical (unpaired) electrons. The van der Waals surface area contributed by atoms with Crippen LogP contribution in [0.15, 0.2) is 145 Å². The van der Waals surface area contributed by atoms with E-state index in [-0.39, 0.29) is 193 Å². The minimum Gasteiger partial charge on any atom is -0.495 e. The Morgan fingerprint density at radius 3 is 0.907 bits per heavy atom. The summed E-state index contributed by atoms with van der Waals surface area (Å²) in [5.74, 6) is 0.491. The number of nitrogens with zero attached hydrogens (tertiary/aromatic N) is 12. The lowest BCUT2D eigenvalue weighted by Crippen LogP contribution is -2.20. The Balaban J connectivity index is 0.000000222. The van der Waals surface area contributed by atoms with Gasteiger partial charge in [0.2, 0.25) is 23.8 Å². The van der Waals surface area contributed by atoms with Gasteiger partial charge in [0.25, 0.3) is 22.2 Å². The van der Waals surface area contributed by atoms with Crippen molar-refractivity contribution < 1.29 is 105 Å². The second-order valence-electron chi connectivity index (χ2n) is 34.4. The highest BCUT2D eigenvalue weighted by Gasteiger charge is 2.33. The van der Waals surface area contributed by atoms with Gasteiger partial charge in [0.1, 0.15) is 31.1 Å². The number of unbranched alkanes of at least 4 members (excludes halogenated alkanes) is 4. The van der Waals surface area contributed by atoms with Crippen LogP contribution in [0, 0.1) is 6.92 Å². The monoisotopic (exact) mass is 2230 g/mol. The molecule has 12 rings (SSSR count). The summed E-state index contributed by atoms with van der Waals surface area (Å²) in [6.45, 7) is 23.1. The summed E-state index contributed by atoms with van der Waals surface area (Å²) in [5.41, 5.74) is 27.1. The van der Waals surface area contributed by atoms with Gasteiger partial charge in [0.15, 0.2) is 54.5 Å². The minimum atomic E-state index is -3.74. The summed E-state index contributed by atoms with van der Waals surface area (Å²) in [4.78, 5) is 91.6. The van der Waals surface area contributed by atoms with Crippen LogP contribution in [0.5, 0.6) is 5.75 Å². The van der Waals surface area contributed by atoms with Crippen LogP contribution in [-0.4, -0.2) is 235 Å². The molecule has 0 saturated heterocycles. The number of benzene rings is 4. The van der Waals surface area contributed by atoms with Crippen molar-refractivity contribution in [3.05, 3.63) is 191 Å². The molecular weight excluding hydrogens is 2090 g/mol. The molecule has 54 heteroatoms. The molecule has 0 aliphatic rings. The standard InChI is InChI=1S/C24H35ClN5O7P.C24H36N5O8PS.C24H36N5O6PS.C24H36N5O6P/c1-4-6-10-35-18(5-2)14-37-38(32,36-13-17-7-8-20(33-3)19(25)12-17)16-34-11-9-30-15-27-21-22(30)28-24(26)29-23(21)31;1-4-6-12-35-19(5-2)15-37-38(31,36-14-18-7-9-20(10-8-18)39(3,32)33)17-34-13-11-29-16-26-21-22(29)27-24(25)28-23(21)30;1-4-6-12-33-19(5-2)15-35-36(31,34-14-18-7-9-20(37-3)10-8-18)17-32-13-11-29-16-26-21-22(29)27-24(25)28-23(21)30;1-4-6-12-33-20(5-2)15-35-36(31,34-14-19-9-7-18(3)8-10-19)17-32-13-11-29-16-26-21-22(29)27-24(25)28-23(21)30/h7-8,12,15,18H,4-6,9-11,13-14,16H2,1-3H3,(H3,26,28,29,31);7-10,16,19H,4-6,11-15,17H2,1-3H3,(H3,25,27,28,30);7-10,16,19H,4-6,11-15,17H2,1-3H3,(H3,25,27,28,30);7-10,16,20H,4-6,11-15,17H2,1-3H3,(H3,25,27,28,30). The smallest absolute Gasteiger partial charge is 0.356 e. The van der Waals surface area contributed by atoms with Crippen LogP contribution in [0.4, 0.5) is 23.8 Å². The first-order valence-corrected chi connectivity index (χ1v) is 59.9. The Labute approximate surface area is 880 Å². The SMILES string of the molecule is CCCCOC(CC)COP(=O)(COCCn1cnc2c(=O)[nH]c(N)nc21)OCc1ccc(C)cc1.CCCCOC(CC)COP(=O)(COCCn1cnc2c(=O)[nH]c(N)nc21)OCc1ccc(OC)c(Cl)c1.CCCCOC(CC)COP(=O)(COCCn1cnc2c(=O)[nH]c(N)nc21)OCc1ccc(S(C)(=O)=O)cc1.CCCCOC(CC)COP(=O)(COCCn1cnc2c(=O)[nH]c(N)nc21)OCc1ccc(SC)cc1. The van der Waals surface area contributed by atoms with Crippen molar-refractivity contribution in [1.29, 1.82) is 0 Å². The molecule has 0 saturated carbocycles. The van der Waals surface area contributed by atoms with Crippen LogP contribution < -0.4 is 49.9 Å². The number of rotatable bonds is 67. The van der Waals surface area contributed by atoms with E-state index in [1.54, 1.807) is 60.4 Å². The highest BCUT2D eigenvalue weighted by atomic mass is 35.5. The Kier molecular flexibility index (Phi) is 52.5. The van der Waals surface area contributed by atoms with E-state index in [2.05, 4.69) is 87.5 Å². The highest BCUT2D eigenvalue weighted by molar-refractivity contribution is 7.98. The average Bonchev–Trinajstić information content (AvgIpc) is 1.67. The number of methoxy groups -OCH3 is 1. The molecule has 828 valence electrons. The number of ether oxygens (including phenoxy) is 9. The molecule has 0 bridgehead atoms. The highest BCUT2D eigenvalue weighted by Crippen LogP contribution is 2.53. The molecule has 12 N–H and O–H groups in total. The molecular formula is C96H143ClN20O27P4S2. The minimum absolute atomic E-state index is 0.00339. The van der Waals surface area contributed by atoms with Crippen LogP contribution in [0.1, 0.15) is 160 Å². The zero-order chi connectivity index (χ0) is 109. The van der Waals surface area contributed by atoms with Crippen molar-refractivity contribution in [2.45, 2.75) is 226 Å². The summed E-state index contributed by atoms with van der Waals surface area (Å²) in [6, 6.07) is 26.9. The van der Waals surface area contributed by atoms with Gasteiger partial charge in [-0.1, -0.05) is 153 Å². The fourth-order valence-corrected chi connectivity index (χ4v) is 20.2. The molecule has 8 heterocycles. The number of aryl methyl sites for hydroxylation is 1. The van der Waals surface area contributed by atoms with E-state index in [1.807, 2.05) is 89.4 Å². The van der Waals surface area contributed by atoms with Gasteiger partial charge in [-0.25, -0.2) is 28.4 Å². The largest absolute Gasteiger partial charge is 0.495 e. The summed E-state index contributed by atoms with van der Waals surface area (Å²) in [5, 5.41) is 0.414. The molecule has 0 aliphatic carbocycles. The molecule has 8 unspecified atom stereocenters. The van der Waals surface area contributed by atoms with Gasteiger partial charge < -0.3 is 120 Å². The predicted molar refractivity (Wildman–Crippen MR) is 574 cm³/mol. The normalized spacial score (nSPS) is 14.2. The number of halogens is 1. The number of nitrogens with two attached hydrogens (primary N) is 4.